The lowest BCUT2D eigenvalue weighted by Crippen LogP contribution is -2.16. The van der Waals surface area contributed by atoms with Gasteiger partial charge in [0.25, 0.3) is 5.91 Å². The van der Waals surface area contributed by atoms with Crippen molar-refractivity contribution < 1.29 is 31.1 Å². The van der Waals surface area contributed by atoms with E-state index < -0.39 is 40.2 Å². The fraction of sp³-hybridized carbons (Fsp3) is 0.136. The molecule has 2 aromatic carbocycles. The number of hydrogen-bond donors (Lipinski definition) is 1. The number of carbonyl (C=O) groups is 1. The third kappa shape index (κ3) is 4.69. The normalized spacial score (nSPS) is 12.2. The fourth-order valence-electron chi connectivity index (χ4n) is 3.17. The summed E-state index contributed by atoms with van der Waals surface area (Å²) in [4.78, 5) is 16.7. The van der Waals surface area contributed by atoms with Crippen molar-refractivity contribution in [2.75, 3.05) is 5.32 Å². The summed E-state index contributed by atoms with van der Waals surface area (Å²) >= 11 is 5.56. The second kappa shape index (κ2) is 8.32. The number of benzene rings is 2. The highest BCUT2D eigenvalue weighted by atomic mass is 35.5. The third-order valence-electron chi connectivity index (χ3n) is 4.83. The molecule has 5 nitrogen and oxygen atoms in total. The van der Waals surface area contributed by atoms with E-state index in [0.717, 1.165) is 29.8 Å². The van der Waals surface area contributed by atoms with Crippen molar-refractivity contribution in [1.82, 2.24) is 14.6 Å². The van der Waals surface area contributed by atoms with Crippen molar-refractivity contribution in [1.29, 1.82) is 0 Å². The molecule has 0 saturated heterocycles. The van der Waals surface area contributed by atoms with Crippen LogP contribution in [0, 0.1) is 6.92 Å². The third-order valence-corrected chi connectivity index (χ3v) is 5.16. The summed E-state index contributed by atoms with van der Waals surface area (Å²) in [5, 5.41) is 5.31. The van der Waals surface area contributed by atoms with Gasteiger partial charge in [0.15, 0.2) is 17.0 Å². The molecular formula is C22H13ClF6N4O. The number of nitrogens with zero attached hydrogens (tertiary/aromatic N) is 3. The number of nitrogens with one attached hydrogen (secondary N) is 1. The SMILES string of the molecule is Cc1ccc(-c2cc(C(F)(F)F)n3nc(C(=O)Nc4ccc(Cl)c(C(F)(F)F)c4)cc3n2)cc1. The molecule has 0 unspecified atom stereocenters. The molecule has 0 bridgehead atoms. The van der Waals surface area contributed by atoms with Crippen LogP contribution in [0.5, 0.6) is 0 Å². The van der Waals surface area contributed by atoms with Gasteiger partial charge in [0.05, 0.1) is 16.3 Å². The van der Waals surface area contributed by atoms with Crippen LogP contribution in [-0.4, -0.2) is 20.5 Å². The Hall–Kier alpha value is -3.60. The lowest BCUT2D eigenvalue weighted by molar-refractivity contribution is -0.142. The van der Waals surface area contributed by atoms with E-state index in [2.05, 4.69) is 15.4 Å². The highest BCUT2D eigenvalue weighted by Crippen LogP contribution is 2.36. The Morgan fingerprint density at radius 1 is 0.941 bits per heavy atom. The van der Waals surface area contributed by atoms with Crippen LogP contribution in [0.15, 0.2) is 54.6 Å². The van der Waals surface area contributed by atoms with Crippen LogP contribution in [0.3, 0.4) is 0 Å². The summed E-state index contributed by atoms with van der Waals surface area (Å²) in [6.07, 6.45) is -9.59. The van der Waals surface area contributed by atoms with E-state index in [1.165, 1.54) is 0 Å². The van der Waals surface area contributed by atoms with Crippen LogP contribution in [0.25, 0.3) is 16.9 Å². The molecule has 12 heteroatoms. The first-order chi connectivity index (χ1) is 15.8. The van der Waals surface area contributed by atoms with Gasteiger partial charge in [-0.2, -0.15) is 31.4 Å². The minimum atomic E-state index is -4.82. The molecule has 1 N–H and O–H groups in total. The molecular weight excluding hydrogens is 486 g/mol. The van der Waals surface area contributed by atoms with Gasteiger partial charge in [-0.05, 0) is 31.2 Å². The number of halogens is 7. The Bertz CT molecular complexity index is 1390. The number of carbonyl (C=O) groups excluding carboxylic acids is 1. The van der Waals surface area contributed by atoms with E-state index in [1.807, 2.05) is 6.92 Å². The van der Waals surface area contributed by atoms with Crippen LogP contribution < -0.4 is 5.32 Å². The van der Waals surface area contributed by atoms with Gasteiger partial charge in [-0.1, -0.05) is 41.4 Å². The summed E-state index contributed by atoms with van der Waals surface area (Å²) in [7, 11) is 0. The molecule has 34 heavy (non-hydrogen) atoms. The average molecular weight is 499 g/mol. The number of hydrogen-bond acceptors (Lipinski definition) is 3. The lowest BCUT2D eigenvalue weighted by Gasteiger charge is -2.11. The number of alkyl halides is 6. The number of fused-ring (bicyclic) bond motifs is 1. The minimum Gasteiger partial charge on any atom is -0.321 e. The largest absolute Gasteiger partial charge is 0.433 e. The molecule has 0 radical (unpaired) electrons. The molecule has 2 heterocycles. The molecule has 0 fully saturated rings. The molecule has 4 aromatic rings. The Kier molecular flexibility index (Phi) is 5.76. The molecule has 0 aliphatic heterocycles. The number of anilines is 1. The smallest absolute Gasteiger partial charge is 0.321 e. The van der Waals surface area contributed by atoms with E-state index in [4.69, 9.17) is 11.6 Å². The summed E-state index contributed by atoms with van der Waals surface area (Å²) in [6, 6.07) is 11.2. The highest BCUT2D eigenvalue weighted by Gasteiger charge is 2.36. The number of rotatable bonds is 3. The van der Waals surface area contributed by atoms with E-state index in [9.17, 15) is 31.1 Å². The molecule has 0 spiro atoms. The van der Waals surface area contributed by atoms with Gasteiger partial charge in [-0.25, -0.2) is 9.50 Å². The van der Waals surface area contributed by atoms with Crippen LogP contribution in [0.2, 0.25) is 5.02 Å². The highest BCUT2D eigenvalue weighted by molar-refractivity contribution is 6.31. The van der Waals surface area contributed by atoms with Crippen LogP contribution in [0.1, 0.15) is 27.3 Å². The maximum atomic E-state index is 13.7. The van der Waals surface area contributed by atoms with Gasteiger partial charge in [-0.3, -0.25) is 4.79 Å². The molecule has 0 atom stereocenters. The molecule has 4 rings (SSSR count). The van der Waals surface area contributed by atoms with E-state index in [-0.39, 0.29) is 17.0 Å². The number of aromatic nitrogens is 3. The van der Waals surface area contributed by atoms with Gasteiger partial charge in [0.1, 0.15) is 0 Å². The van der Waals surface area contributed by atoms with Crippen LogP contribution in [-0.2, 0) is 12.4 Å². The topological polar surface area (TPSA) is 59.3 Å². The van der Waals surface area contributed by atoms with Gasteiger partial charge in [0, 0.05) is 17.3 Å². The molecule has 0 saturated carbocycles. The zero-order valence-corrected chi connectivity index (χ0v) is 17.8. The predicted molar refractivity (Wildman–Crippen MR) is 113 cm³/mol. The van der Waals surface area contributed by atoms with Crippen LogP contribution in [0.4, 0.5) is 32.0 Å². The van der Waals surface area contributed by atoms with Crippen molar-refractivity contribution in [3.05, 3.63) is 82.1 Å². The molecule has 0 aliphatic rings. The van der Waals surface area contributed by atoms with Crippen LogP contribution >= 0.6 is 11.6 Å². The first kappa shape index (κ1) is 23.6. The summed E-state index contributed by atoms with van der Waals surface area (Å²) in [6.45, 7) is 1.82. The van der Waals surface area contributed by atoms with E-state index >= 15 is 0 Å². The molecule has 0 aliphatic carbocycles. The van der Waals surface area contributed by atoms with Crippen molar-refractivity contribution >= 4 is 28.8 Å². The maximum absolute atomic E-state index is 13.7. The molecule has 2 aromatic heterocycles. The molecule has 176 valence electrons. The van der Waals surface area contributed by atoms with Crippen molar-refractivity contribution in [3.8, 4) is 11.3 Å². The molecule has 1 amide bonds. The second-order valence-corrected chi connectivity index (χ2v) is 7.74. The van der Waals surface area contributed by atoms with Gasteiger partial charge < -0.3 is 5.32 Å². The van der Waals surface area contributed by atoms with Crippen molar-refractivity contribution in [3.63, 3.8) is 0 Å². The summed E-state index contributed by atoms with van der Waals surface area (Å²) < 4.78 is 80.8. The second-order valence-electron chi connectivity index (χ2n) is 7.34. The minimum absolute atomic E-state index is 0.0132. The monoisotopic (exact) mass is 498 g/mol. The Morgan fingerprint density at radius 3 is 2.24 bits per heavy atom. The Labute approximate surface area is 193 Å². The lowest BCUT2D eigenvalue weighted by atomic mass is 10.1. The van der Waals surface area contributed by atoms with Gasteiger partial charge >= 0.3 is 12.4 Å². The Balaban J connectivity index is 1.74. The van der Waals surface area contributed by atoms with E-state index in [1.54, 1.807) is 24.3 Å². The predicted octanol–water partition coefficient (Wildman–Crippen LogP) is 6.65. The van der Waals surface area contributed by atoms with Gasteiger partial charge in [0.2, 0.25) is 0 Å². The summed E-state index contributed by atoms with van der Waals surface area (Å²) in [5.74, 6) is -1.02. The average Bonchev–Trinajstić information content (AvgIpc) is 3.17. The standard InChI is InChI=1S/C22H13ClF6N4O/c1-11-2-4-12(5-3-11)16-9-18(22(27,28)29)33-19(31-16)10-17(32-33)20(34)30-13-6-7-15(23)14(8-13)21(24,25)26/h2-10H,1H3,(H,30,34). The Morgan fingerprint density at radius 2 is 1.62 bits per heavy atom. The van der Waals surface area contributed by atoms with Crippen molar-refractivity contribution in [2.45, 2.75) is 19.3 Å². The quantitative estimate of drug-likeness (QED) is 0.322. The van der Waals surface area contributed by atoms with E-state index in [0.29, 0.717) is 16.1 Å². The fourth-order valence-corrected chi connectivity index (χ4v) is 3.40. The zero-order valence-electron chi connectivity index (χ0n) is 17.1. The number of amides is 1. The zero-order chi connectivity index (χ0) is 24.8. The summed E-state index contributed by atoms with van der Waals surface area (Å²) in [5.41, 5.74) is -2.00. The number of aryl methyl sites for hydroxylation is 1. The first-order valence-electron chi connectivity index (χ1n) is 9.56. The first-order valence-corrected chi connectivity index (χ1v) is 9.94. The van der Waals surface area contributed by atoms with Crippen molar-refractivity contribution in [2.24, 2.45) is 0 Å². The van der Waals surface area contributed by atoms with Gasteiger partial charge in [-0.15, -0.1) is 0 Å². The maximum Gasteiger partial charge on any atom is 0.433 e.